The molecule has 0 spiro atoms. The Bertz CT molecular complexity index is 433. The van der Waals surface area contributed by atoms with Gasteiger partial charge in [-0.15, -0.1) is 0 Å². The third-order valence-corrected chi connectivity index (χ3v) is 3.53. The minimum absolute atomic E-state index is 0.0421. The molecule has 17 heavy (non-hydrogen) atoms. The number of nitrogens with one attached hydrogen (secondary N) is 1. The van der Waals surface area contributed by atoms with Crippen molar-refractivity contribution in [2.45, 2.75) is 19.8 Å². The topological polar surface area (TPSA) is 55.2 Å². The first-order valence-corrected chi connectivity index (χ1v) is 6.14. The van der Waals surface area contributed by atoms with Gasteiger partial charge in [0.1, 0.15) is 5.69 Å². The molecule has 1 aromatic rings. The Kier molecular flexibility index (Phi) is 3.52. The highest BCUT2D eigenvalue weighted by Crippen LogP contribution is 2.38. The van der Waals surface area contributed by atoms with Gasteiger partial charge in [-0.2, -0.15) is 0 Å². The predicted octanol–water partition coefficient (Wildman–Crippen LogP) is 3.71. The van der Waals surface area contributed by atoms with Crippen molar-refractivity contribution < 1.29 is 4.92 Å². The molecule has 1 fully saturated rings. The highest BCUT2D eigenvalue weighted by atomic mass is 35.5. The maximum atomic E-state index is 10.9. The summed E-state index contributed by atoms with van der Waals surface area (Å²) in [4.78, 5) is 10.5. The van der Waals surface area contributed by atoms with E-state index in [4.69, 9.17) is 11.6 Å². The van der Waals surface area contributed by atoms with Crippen LogP contribution in [0.15, 0.2) is 18.2 Å². The first-order chi connectivity index (χ1) is 8.09. The fraction of sp³-hybridized carbons (Fsp3) is 0.500. The molecule has 1 unspecified atom stereocenters. The van der Waals surface area contributed by atoms with Gasteiger partial charge in [0.05, 0.1) is 9.95 Å². The van der Waals surface area contributed by atoms with Gasteiger partial charge in [0.25, 0.3) is 5.69 Å². The molecule has 5 heteroatoms. The van der Waals surface area contributed by atoms with Crippen LogP contribution in [0.5, 0.6) is 0 Å². The molecule has 1 aliphatic rings. The standard InChI is InChI=1S/C12H15ClN2O2/c1-8(9-5-6-9)7-14-12-10(13)3-2-4-11(12)15(16)17/h2-4,8-9,14H,5-7H2,1H3. The fourth-order valence-corrected chi connectivity index (χ4v) is 2.17. The second-order valence-corrected chi connectivity index (χ2v) is 4.99. The monoisotopic (exact) mass is 254 g/mol. The summed E-state index contributed by atoms with van der Waals surface area (Å²) in [6.45, 7) is 2.89. The van der Waals surface area contributed by atoms with Crippen LogP contribution in [0, 0.1) is 22.0 Å². The summed E-state index contributed by atoms with van der Waals surface area (Å²) in [5.41, 5.74) is 0.479. The summed E-state index contributed by atoms with van der Waals surface area (Å²) in [7, 11) is 0. The van der Waals surface area contributed by atoms with Crippen molar-refractivity contribution in [3.63, 3.8) is 0 Å². The Balaban J connectivity index is 2.10. The fourth-order valence-electron chi connectivity index (χ4n) is 1.93. The molecule has 1 saturated carbocycles. The molecule has 0 saturated heterocycles. The maximum absolute atomic E-state index is 10.9. The van der Waals surface area contributed by atoms with Gasteiger partial charge in [-0.05, 0) is 30.7 Å². The lowest BCUT2D eigenvalue weighted by Crippen LogP contribution is -2.14. The second kappa shape index (κ2) is 4.92. The third-order valence-electron chi connectivity index (χ3n) is 3.22. The third kappa shape index (κ3) is 2.88. The molecule has 0 aliphatic heterocycles. The van der Waals surface area contributed by atoms with E-state index in [1.807, 2.05) is 0 Å². The van der Waals surface area contributed by atoms with Crippen LogP contribution in [-0.2, 0) is 0 Å². The summed E-state index contributed by atoms with van der Waals surface area (Å²) < 4.78 is 0. The summed E-state index contributed by atoms with van der Waals surface area (Å²) in [6.07, 6.45) is 2.54. The van der Waals surface area contributed by atoms with Crippen LogP contribution in [0.3, 0.4) is 0 Å². The van der Waals surface area contributed by atoms with E-state index in [-0.39, 0.29) is 5.69 Å². The molecular weight excluding hydrogens is 240 g/mol. The van der Waals surface area contributed by atoms with Gasteiger partial charge in [-0.25, -0.2) is 0 Å². The van der Waals surface area contributed by atoms with Gasteiger partial charge in [-0.1, -0.05) is 24.6 Å². The molecule has 1 aliphatic carbocycles. The molecule has 92 valence electrons. The second-order valence-electron chi connectivity index (χ2n) is 4.59. The normalized spacial score (nSPS) is 16.6. The SMILES string of the molecule is CC(CNc1c(Cl)cccc1[N+](=O)[O-])C1CC1. The number of nitro benzene ring substituents is 1. The zero-order chi connectivity index (χ0) is 12.4. The van der Waals surface area contributed by atoms with E-state index in [0.29, 0.717) is 16.6 Å². The lowest BCUT2D eigenvalue weighted by Gasteiger charge is -2.13. The summed E-state index contributed by atoms with van der Waals surface area (Å²) in [5.74, 6) is 1.30. The maximum Gasteiger partial charge on any atom is 0.293 e. The molecule has 0 radical (unpaired) electrons. The van der Waals surface area contributed by atoms with Crippen molar-refractivity contribution in [2.75, 3.05) is 11.9 Å². The average Bonchev–Trinajstić information content (AvgIpc) is 3.10. The molecule has 0 heterocycles. The first-order valence-electron chi connectivity index (χ1n) is 5.76. The quantitative estimate of drug-likeness (QED) is 0.644. The lowest BCUT2D eigenvalue weighted by atomic mass is 10.1. The van der Waals surface area contributed by atoms with Crippen LogP contribution < -0.4 is 5.32 Å². The molecule has 1 N–H and O–H groups in total. The van der Waals surface area contributed by atoms with Crippen molar-refractivity contribution in [1.82, 2.24) is 0 Å². The molecular formula is C12H15ClN2O2. The predicted molar refractivity (Wildman–Crippen MR) is 68.5 cm³/mol. The number of benzene rings is 1. The van der Waals surface area contributed by atoms with E-state index in [9.17, 15) is 10.1 Å². The van der Waals surface area contributed by atoms with Crippen molar-refractivity contribution in [3.05, 3.63) is 33.3 Å². The minimum Gasteiger partial charge on any atom is -0.378 e. The van der Waals surface area contributed by atoms with E-state index >= 15 is 0 Å². The smallest absolute Gasteiger partial charge is 0.293 e. The van der Waals surface area contributed by atoms with Gasteiger partial charge in [0, 0.05) is 12.6 Å². The van der Waals surface area contributed by atoms with E-state index < -0.39 is 4.92 Å². The zero-order valence-corrected chi connectivity index (χ0v) is 10.4. The van der Waals surface area contributed by atoms with Crippen LogP contribution in [0.4, 0.5) is 11.4 Å². The molecule has 1 aromatic carbocycles. The number of anilines is 1. The number of rotatable bonds is 5. The van der Waals surface area contributed by atoms with Gasteiger partial charge in [0.2, 0.25) is 0 Å². The van der Waals surface area contributed by atoms with Crippen LogP contribution in [-0.4, -0.2) is 11.5 Å². The lowest BCUT2D eigenvalue weighted by molar-refractivity contribution is -0.383. The van der Waals surface area contributed by atoms with Gasteiger partial charge in [-0.3, -0.25) is 10.1 Å². The number of hydrogen-bond donors (Lipinski definition) is 1. The largest absolute Gasteiger partial charge is 0.378 e. The molecule has 2 rings (SSSR count). The number of nitro groups is 1. The highest BCUT2D eigenvalue weighted by Gasteiger charge is 2.28. The summed E-state index contributed by atoms with van der Waals surface area (Å²) in [6, 6.07) is 4.73. The first kappa shape index (κ1) is 12.2. The molecule has 0 amide bonds. The van der Waals surface area contributed by atoms with Crippen molar-refractivity contribution in [2.24, 2.45) is 11.8 Å². The Labute approximate surface area is 105 Å². The zero-order valence-electron chi connectivity index (χ0n) is 9.65. The van der Waals surface area contributed by atoms with E-state index in [0.717, 1.165) is 12.5 Å². The average molecular weight is 255 g/mol. The Hall–Kier alpha value is -1.29. The Morgan fingerprint density at radius 3 is 2.88 bits per heavy atom. The van der Waals surface area contributed by atoms with Gasteiger partial charge >= 0.3 is 0 Å². The minimum atomic E-state index is -0.407. The summed E-state index contributed by atoms with van der Waals surface area (Å²) in [5, 5.41) is 14.4. The molecule has 4 nitrogen and oxygen atoms in total. The van der Waals surface area contributed by atoms with Crippen molar-refractivity contribution in [1.29, 1.82) is 0 Å². The highest BCUT2D eigenvalue weighted by molar-refractivity contribution is 6.33. The van der Waals surface area contributed by atoms with Gasteiger partial charge in [0.15, 0.2) is 0 Å². The van der Waals surface area contributed by atoms with Crippen LogP contribution >= 0.6 is 11.6 Å². The number of hydrogen-bond acceptors (Lipinski definition) is 3. The Morgan fingerprint density at radius 2 is 2.29 bits per heavy atom. The van der Waals surface area contributed by atoms with E-state index in [2.05, 4.69) is 12.2 Å². The van der Waals surface area contributed by atoms with Crippen LogP contribution in [0.25, 0.3) is 0 Å². The van der Waals surface area contributed by atoms with Gasteiger partial charge < -0.3 is 5.32 Å². The van der Waals surface area contributed by atoms with Crippen LogP contribution in [0.2, 0.25) is 5.02 Å². The van der Waals surface area contributed by atoms with E-state index in [1.165, 1.54) is 18.9 Å². The van der Waals surface area contributed by atoms with Crippen molar-refractivity contribution >= 4 is 23.0 Å². The van der Waals surface area contributed by atoms with E-state index in [1.54, 1.807) is 12.1 Å². The number of nitrogens with zero attached hydrogens (tertiary/aromatic N) is 1. The Morgan fingerprint density at radius 1 is 1.59 bits per heavy atom. The molecule has 1 atom stereocenters. The summed E-state index contributed by atoms with van der Waals surface area (Å²) >= 11 is 5.99. The molecule has 0 bridgehead atoms. The number of halogens is 1. The number of para-hydroxylation sites is 1. The van der Waals surface area contributed by atoms with Crippen LogP contribution in [0.1, 0.15) is 19.8 Å². The van der Waals surface area contributed by atoms with Crippen molar-refractivity contribution in [3.8, 4) is 0 Å². The molecule has 0 aromatic heterocycles.